The van der Waals surface area contributed by atoms with Crippen LogP contribution in [0.2, 0.25) is 0 Å². The van der Waals surface area contributed by atoms with Crippen molar-refractivity contribution in [3.8, 4) is 0 Å². The first-order valence-electron chi connectivity index (χ1n) is 5.68. The molecule has 0 saturated heterocycles. The SMILES string of the molecule is O=C1C=C2C(=C1[I-]P)c1cccc3cccc2c13. The molecule has 0 N–H and O–H groups in total. The molecule has 1 atom stereocenters. The number of benzene rings is 2. The van der Waals surface area contributed by atoms with Crippen LogP contribution in [0.5, 0.6) is 0 Å². The van der Waals surface area contributed by atoms with Crippen molar-refractivity contribution in [3.63, 3.8) is 0 Å². The average Bonchev–Trinajstić information content (AvgIpc) is 2.87. The zero-order valence-corrected chi connectivity index (χ0v) is 12.7. The van der Waals surface area contributed by atoms with E-state index in [0.29, 0.717) is 0 Å². The van der Waals surface area contributed by atoms with Gasteiger partial charge in [0.1, 0.15) is 0 Å². The second-order valence-electron chi connectivity index (χ2n) is 4.43. The summed E-state index contributed by atoms with van der Waals surface area (Å²) >= 11 is -0.263. The van der Waals surface area contributed by atoms with Crippen molar-refractivity contribution in [1.29, 1.82) is 0 Å². The molecule has 0 aliphatic heterocycles. The first kappa shape index (κ1) is 10.9. The van der Waals surface area contributed by atoms with Crippen LogP contribution in [0.15, 0.2) is 46.1 Å². The Morgan fingerprint density at radius 2 is 1.72 bits per heavy atom. The minimum absolute atomic E-state index is 0.217. The zero-order valence-electron chi connectivity index (χ0n) is 9.41. The fraction of sp³-hybridized carbons (Fsp3) is 0. The standard InChI is InChI=1S/C15H9IOP/c17-12-7-11-9-5-1-3-8-4-2-6-10(13(8)9)14(11)15(12)16-18/h1-7H,18H2/q-1. The molecular weight excluding hydrogens is 354 g/mol. The van der Waals surface area contributed by atoms with Gasteiger partial charge in [0, 0.05) is 0 Å². The van der Waals surface area contributed by atoms with Gasteiger partial charge in [-0.25, -0.2) is 0 Å². The number of carbonyl (C=O) groups excluding carboxylic acids is 1. The number of rotatable bonds is 1. The Balaban J connectivity index is 2.21. The van der Waals surface area contributed by atoms with Gasteiger partial charge in [0.05, 0.1) is 0 Å². The fourth-order valence-electron chi connectivity index (χ4n) is 2.87. The van der Waals surface area contributed by atoms with Crippen LogP contribution in [0.3, 0.4) is 0 Å². The van der Waals surface area contributed by atoms with Crippen molar-refractivity contribution in [2.45, 2.75) is 0 Å². The van der Waals surface area contributed by atoms with Crippen LogP contribution in [0, 0.1) is 0 Å². The van der Waals surface area contributed by atoms with E-state index in [2.05, 4.69) is 43.3 Å². The van der Waals surface area contributed by atoms with Crippen LogP contribution in [-0.2, 0) is 4.79 Å². The quantitative estimate of drug-likeness (QED) is 0.530. The molecule has 0 aromatic heterocycles. The van der Waals surface area contributed by atoms with E-state index in [4.69, 9.17) is 0 Å². The summed E-state index contributed by atoms with van der Waals surface area (Å²) in [6, 6.07) is 12.7. The molecule has 3 heteroatoms. The molecule has 0 radical (unpaired) electrons. The Labute approximate surface area is 117 Å². The normalized spacial score (nSPS) is 16.7. The van der Waals surface area contributed by atoms with Gasteiger partial charge in [0.15, 0.2) is 0 Å². The monoisotopic (exact) mass is 363 g/mol. The Hall–Kier alpha value is -0.990. The van der Waals surface area contributed by atoms with Gasteiger partial charge in [-0.2, -0.15) is 0 Å². The van der Waals surface area contributed by atoms with Crippen LogP contribution in [-0.4, -0.2) is 5.78 Å². The topological polar surface area (TPSA) is 17.1 Å². The van der Waals surface area contributed by atoms with Crippen LogP contribution in [0.25, 0.3) is 21.9 Å². The number of hydrogen-bond donors (Lipinski definition) is 0. The van der Waals surface area contributed by atoms with E-state index in [1.54, 1.807) is 0 Å². The maximum atomic E-state index is 12.0. The first-order chi connectivity index (χ1) is 8.81. The summed E-state index contributed by atoms with van der Waals surface area (Å²) < 4.78 is 1.04. The number of fused-ring (bicyclic) bond motifs is 3. The van der Waals surface area contributed by atoms with Gasteiger partial charge in [-0.15, -0.1) is 0 Å². The number of halogens is 1. The van der Waals surface area contributed by atoms with Gasteiger partial charge >= 0.3 is 117 Å². The van der Waals surface area contributed by atoms with Gasteiger partial charge in [0.2, 0.25) is 0 Å². The zero-order chi connectivity index (χ0) is 12.3. The molecule has 0 bridgehead atoms. The molecule has 0 saturated carbocycles. The Bertz CT molecular complexity index is 781. The van der Waals surface area contributed by atoms with Crippen molar-refractivity contribution in [3.05, 3.63) is 57.2 Å². The van der Waals surface area contributed by atoms with Gasteiger partial charge in [-0.1, -0.05) is 0 Å². The second kappa shape index (κ2) is 3.75. The van der Waals surface area contributed by atoms with Gasteiger partial charge < -0.3 is 0 Å². The van der Waals surface area contributed by atoms with Crippen molar-refractivity contribution >= 4 is 34.6 Å². The molecule has 2 aliphatic carbocycles. The Kier molecular flexibility index (Phi) is 2.27. The number of allylic oxidation sites excluding steroid dienone is 4. The molecule has 1 nitrogen and oxygen atoms in total. The summed E-state index contributed by atoms with van der Waals surface area (Å²) in [6.45, 7) is 2.78. The number of hydrogen-bond acceptors (Lipinski definition) is 1. The molecular formula is C15H9IOP-. The van der Waals surface area contributed by atoms with Gasteiger partial charge in [0.25, 0.3) is 0 Å². The van der Waals surface area contributed by atoms with E-state index in [0.717, 1.165) is 9.15 Å². The summed E-state index contributed by atoms with van der Waals surface area (Å²) in [5, 5.41) is 2.58. The van der Waals surface area contributed by atoms with Crippen molar-refractivity contribution in [2.75, 3.05) is 0 Å². The summed E-state index contributed by atoms with van der Waals surface area (Å²) in [4.78, 5) is 12.0. The minimum atomic E-state index is -0.263. The third kappa shape index (κ3) is 1.23. The van der Waals surface area contributed by atoms with E-state index < -0.39 is 0 Å². The van der Waals surface area contributed by atoms with Crippen LogP contribution in [0.4, 0.5) is 0 Å². The fourth-order valence-corrected chi connectivity index (χ4v) is 5.67. The van der Waals surface area contributed by atoms with Crippen LogP contribution >= 0.6 is 6.88 Å². The molecule has 4 rings (SSSR count). The number of ketones is 1. The van der Waals surface area contributed by atoms with Crippen molar-refractivity contribution in [1.82, 2.24) is 0 Å². The average molecular weight is 363 g/mol. The summed E-state index contributed by atoms with van der Waals surface area (Å²) in [7, 11) is 0. The number of carbonyl (C=O) groups is 1. The molecule has 0 fully saturated rings. The Morgan fingerprint density at radius 3 is 2.44 bits per heavy atom. The van der Waals surface area contributed by atoms with E-state index in [1.165, 1.54) is 27.5 Å². The molecule has 18 heavy (non-hydrogen) atoms. The molecule has 2 aromatic carbocycles. The van der Waals surface area contributed by atoms with Gasteiger partial charge in [-0.3, -0.25) is 0 Å². The first-order valence-corrected chi connectivity index (χ1v) is 10.9. The molecule has 0 spiro atoms. The molecule has 0 amide bonds. The van der Waals surface area contributed by atoms with E-state index in [9.17, 15) is 4.79 Å². The summed E-state index contributed by atoms with van der Waals surface area (Å²) in [5.41, 5.74) is 4.82. The van der Waals surface area contributed by atoms with Crippen LogP contribution < -0.4 is 20.7 Å². The summed E-state index contributed by atoms with van der Waals surface area (Å²) in [6.07, 6.45) is 1.82. The Morgan fingerprint density at radius 1 is 1.00 bits per heavy atom. The van der Waals surface area contributed by atoms with E-state index in [-0.39, 0.29) is 26.4 Å². The predicted octanol–water partition coefficient (Wildman–Crippen LogP) is 0.410. The van der Waals surface area contributed by atoms with E-state index in [1.807, 2.05) is 6.08 Å². The maximum absolute atomic E-state index is 12.0. The van der Waals surface area contributed by atoms with Crippen LogP contribution in [0.1, 0.15) is 11.1 Å². The summed E-state index contributed by atoms with van der Waals surface area (Å²) in [5.74, 6) is 0.217. The third-order valence-corrected chi connectivity index (χ3v) is 6.71. The van der Waals surface area contributed by atoms with Gasteiger partial charge in [-0.05, 0) is 0 Å². The molecule has 88 valence electrons. The van der Waals surface area contributed by atoms with Crippen molar-refractivity contribution in [2.24, 2.45) is 0 Å². The second-order valence-corrected chi connectivity index (χ2v) is 7.60. The van der Waals surface area contributed by atoms with E-state index >= 15 is 0 Å². The molecule has 2 aliphatic rings. The third-order valence-electron chi connectivity index (χ3n) is 3.55. The molecule has 0 heterocycles. The van der Waals surface area contributed by atoms with Crippen molar-refractivity contribution < 1.29 is 25.4 Å². The molecule has 2 aromatic rings. The predicted molar refractivity (Wildman–Crippen MR) is 73.6 cm³/mol. The molecule has 1 unspecified atom stereocenters.